The van der Waals surface area contributed by atoms with Crippen molar-refractivity contribution in [1.82, 2.24) is 9.97 Å². The summed E-state index contributed by atoms with van der Waals surface area (Å²) >= 11 is 0. The fourth-order valence-electron chi connectivity index (χ4n) is 2.38. The molecule has 1 saturated carbocycles. The van der Waals surface area contributed by atoms with E-state index in [1.807, 2.05) is 18.0 Å². The molecule has 5 nitrogen and oxygen atoms in total. The number of aliphatic hydroxyl groups excluding tert-OH is 1. The molecule has 2 rings (SSSR count). The van der Waals surface area contributed by atoms with Gasteiger partial charge in [-0.3, -0.25) is 0 Å². The molecule has 1 heterocycles. The molecule has 0 aliphatic heterocycles. The van der Waals surface area contributed by atoms with Crippen LogP contribution in [-0.2, 0) is 0 Å². The number of aromatic nitrogens is 2. The van der Waals surface area contributed by atoms with Gasteiger partial charge in [0.1, 0.15) is 18.0 Å². The van der Waals surface area contributed by atoms with Gasteiger partial charge in [0.05, 0.1) is 6.61 Å². The third kappa shape index (κ3) is 3.57. The highest BCUT2D eigenvalue weighted by Gasteiger charge is 2.14. The highest BCUT2D eigenvalue weighted by Crippen LogP contribution is 2.24. The van der Waals surface area contributed by atoms with Crippen LogP contribution in [0.3, 0.4) is 0 Å². The fourth-order valence-corrected chi connectivity index (χ4v) is 2.38. The molecule has 0 unspecified atom stereocenters. The van der Waals surface area contributed by atoms with Crippen molar-refractivity contribution in [3.8, 4) is 0 Å². The Kier molecular flexibility index (Phi) is 4.75. The summed E-state index contributed by atoms with van der Waals surface area (Å²) in [4.78, 5) is 10.4. The standard InChI is InChI=1S/C13H22N4O/c1-17(6-7-18)13-8-12(15-10-16-13)14-9-11-4-2-3-5-11/h8,10-11,18H,2-7,9H2,1H3,(H,14,15,16). The minimum Gasteiger partial charge on any atom is -0.395 e. The summed E-state index contributed by atoms with van der Waals surface area (Å²) in [6, 6.07) is 1.94. The van der Waals surface area contributed by atoms with Crippen LogP contribution < -0.4 is 10.2 Å². The van der Waals surface area contributed by atoms with E-state index in [9.17, 15) is 0 Å². The summed E-state index contributed by atoms with van der Waals surface area (Å²) < 4.78 is 0. The Morgan fingerprint density at radius 1 is 1.39 bits per heavy atom. The summed E-state index contributed by atoms with van der Waals surface area (Å²) in [6.07, 6.45) is 6.95. The largest absolute Gasteiger partial charge is 0.395 e. The van der Waals surface area contributed by atoms with Crippen LogP contribution in [0.4, 0.5) is 11.6 Å². The number of aliphatic hydroxyl groups is 1. The molecule has 1 aliphatic carbocycles. The van der Waals surface area contributed by atoms with Crippen molar-refractivity contribution in [2.45, 2.75) is 25.7 Å². The SMILES string of the molecule is CN(CCO)c1cc(NCC2CCCC2)ncn1. The number of rotatable bonds is 6. The van der Waals surface area contributed by atoms with Gasteiger partial charge in [0.2, 0.25) is 0 Å². The molecule has 0 atom stereocenters. The summed E-state index contributed by atoms with van der Waals surface area (Å²) in [5.74, 6) is 2.50. The number of hydrogen-bond acceptors (Lipinski definition) is 5. The quantitative estimate of drug-likeness (QED) is 0.801. The van der Waals surface area contributed by atoms with E-state index in [1.54, 1.807) is 6.33 Å². The van der Waals surface area contributed by atoms with Gasteiger partial charge in [0.15, 0.2) is 0 Å². The first-order chi connectivity index (χ1) is 8.79. The van der Waals surface area contributed by atoms with Gasteiger partial charge in [0.25, 0.3) is 0 Å². The Morgan fingerprint density at radius 3 is 2.89 bits per heavy atom. The maximum absolute atomic E-state index is 8.91. The van der Waals surface area contributed by atoms with Gasteiger partial charge < -0.3 is 15.3 Å². The molecular weight excluding hydrogens is 228 g/mol. The molecule has 100 valence electrons. The van der Waals surface area contributed by atoms with Crippen molar-refractivity contribution in [1.29, 1.82) is 0 Å². The lowest BCUT2D eigenvalue weighted by Gasteiger charge is -2.17. The number of anilines is 2. The number of hydrogen-bond donors (Lipinski definition) is 2. The number of likely N-dealkylation sites (N-methyl/N-ethyl adjacent to an activating group) is 1. The van der Waals surface area contributed by atoms with Crippen molar-refractivity contribution < 1.29 is 5.11 Å². The lowest BCUT2D eigenvalue weighted by Crippen LogP contribution is -2.22. The zero-order chi connectivity index (χ0) is 12.8. The first-order valence-corrected chi connectivity index (χ1v) is 6.67. The van der Waals surface area contributed by atoms with Crippen molar-refractivity contribution in [2.75, 3.05) is 37.0 Å². The Morgan fingerprint density at radius 2 is 2.17 bits per heavy atom. The molecule has 0 spiro atoms. The van der Waals surface area contributed by atoms with Gasteiger partial charge in [-0.05, 0) is 18.8 Å². The molecule has 5 heteroatoms. The van der Waals surface area contributed by atoms with Crippen LogP contribution in [0.25, 0.3) is 0 Å². The highest BCUT2D eigenvalue weighted by atomic mass is 16.3. The lowest BCUT2D eigenvalue weighted by atomic mass is 10.1. The molecule has 0 radical (unpaired) electrons. The van der Waals surface area contributed by atoms with E-state index in [2.05, 4.69) is 15.3 Å². The van der Waals surface area contributed by atoms with Crippen molar-refractivity contribution >= 4 is 11.6 Å². The van der Waals surface area contributed by atoms with Crippen molar-refractivity contribution in [3.63, 3.8) is 0 Å². The summed E-state index contributed by atoms with van der Waals surface area (Å²) in [7, 11) is 1.92. The monoisotopic (exact) mass is 250 g/mol. The molecule has 0 aromatic carbocycles. The fraction of sp³-hybridized carbons (Fsp3) is 0.692. The zero-order valence-electron chi connectivity index (χ0n) is 11.0. The van der Waals surface area contributed by atoms with Crippen LogP contribution in [0.5, 0.6) is 0 Å². The minimum absolute atomic E-state index is 0.130. The lowest BCUT2D eigenvalue weighted by molar-refractivity contribution is 0.304. The summed E-state index contributed by atoms with van der Waals surface area (Å²) in [6.45, 7) is 1.71. The average molecular weight is 250 g/mol. The van der Waals surface area contributed by atoms with E-state index in [4.69, 9.17) is 5.11 Å². The molecule has 1 aliphatic rings. The Labute approximate surface area is 108 Å². The van der Waals surface area contributed by atoms with Crippen molar-refractivity contribution in [2.24, 2.45) is 5.92 Å². The predicted molar refractivity (Wildman–Crippen MR) is 72.8 cm³/mol. The zero-order valence-corrected chi connectivity index (χ0v) is 11.0. The van der Waals surface area contributed by atoms with Gasteiger partial charge in [-0.25, -0.2) is 9.97 Å². The van der Waals surface area contributed by atoms with Gasteiger partial charge in [-0.1, -0.05) is 12.8 Å². The van der Waals surface area contributed by atoms with Gasteiger partial charge in [0, 0.05) is 26.2 Å². The maximum Gasteiger partial charge on any atom is 0.133 e. The van der Waals surface area contributed by atoms with Crippen LogP contribution in [0.2, 0.25) is 0 Å². The van der Waals surface area contributed by atoms with Crippen LogP contribution in [0.1, 0.15) is 25.7 Å². The molecule has 0 bridgehead atoms. The second-order valence-electron chi connectivity index (χ2n) is 4.94. The van der Waals surface area contributed by atoms with Gasteiger partial charge >= 0.3 is 0 Å². The Balaban J connectivity index is 1.89. The molecule has 2 N–H and O–H groups in total. The normalized spacial score (nSPS) is 15.9. The maximum atomic E-state index is 8.91. The van der Waals surface area contributed by atoms with Gasteiger partial charge in [-0.2, -0.15) is 0 Å². The van der Waals surface area contributed by atoms with Gasteiger partial charge in [-0.15, -0.1) is 0 Å². The molecular formula is C13H22N4O. The Hall–Kier alpha value is -1.36. The summed E-state index contributed by atoms with van der Waals surface area (Å²) in [5, 5.41) is 12.3. The average Bonchev–Trinajstić information content (AvgIpc) is 2.90. The smallest absolute Gasteiger partial charge is 0.133 e. The Bertz CT molecular complexity index is 366. The third-order valence-electron chi connectivity index (χ3n) is 3.53. The van der Waals surface area contributed by atoms with E-state index in [0.29, 0.717) is 6.54 Å². The van der Waals surface area contributed by atoms with Crippen LogP contribution in [0, 0.1) is 5.92 Å². The minimum atomic E-state index is 0.130. The molecule has 1 fully saturated rings. The van der Waals surface area contributed by atoms with E-state index in [1.165, 1.54) is 25.7 Å². The van der Waals surface area contributed by atoms with E-state index in [-0.39, 0.29) is 6.61 Å². The first kappa shape index (κ1) is 13.1. The topological polar surface area (TPSA) is 61.3 Å². The number of nitrogens with zero attached hydrogens (tertiary/aromatic N) is 3. The first-order valence-electron chi connectivity index (χ1n) is 6.67. The van der Waals surface area contributed by atoms with E-state index >= 15 is 0 Å². The molecule has 18 heavy (non-hydrogen) atoms. The van der Waals surface area contributed by atoms with Crippen LogP contribution >= 0.6 is 0 Å². The van der Waals surface area contributed by atoms with E-state index < -0.39 is 0 Å². The van der Waals surface area contributed by atoms with Crippen molar-refractivity contribution in [3.05, 3.63) is 12.4 Å². The second kappa shape index (κ2) is 6.54. The van der Waals surface area contributed by atoms with Crippen LogP contribution in [0.15, 0.2) is 12.4 Å². The molecule has 1 aromatic heterocycles. The highest BCUT2D eigenvalue weighted by molar-refractivity contribution is 5.47. The molecule has 0 saturated heterocycles. The van der Waals surface area contributed by atoms with E-state index in [0.717, 1.165) is 24.1 Å². The molecule has 0 amide bonds. The summed E-state index contributed by atoms with van der Waals surface area (Å²) in [5.41, 5.74) is 0. The van der Waals surface area contributed by atoms with Crippen LogP contribution in [-0.4, -0.2) is 41.8 Å². The predicted octanol–water partition coefficient (Wildman–Crippen LogP) is 1.51. The second-order valence-corrected chi connectivity index (χ2v) is 4.94. The molecule has 1 aromatic rings. The third-order valence-corrected chi connectivity index (χ3v) is 3.53. The number of nitrogens with one attached hydrogen (secondary N) is 1.